The van der Waals surface area contributed by atoms with E-state index < -0.39 is 23.8 Å². The molecular weight excluding hydrogens is 674 g/mol. The molecule has 10 nitrogen and oxygen atoms in total. The standard InChI is InChI=1S/C40H36ClNO9/c1-42(37(44)26-4-6-27(7-5-26)38(45)49-3)32-17-19-33(20-18-32)50-39(46)28-8-10-29(11-9-28)40(47)51-36-23-21-34(48-2)24-30(36)14-22-35(43)25-12-15-31(41)16-13-25/h4-7,12-24,28-29H,8-11H2,1-3H3/b22-14+. The third-order valence-corrected chi connectivity index (χ3v) is 8.92. The summed E-state index contributed by atoms with van der Waals surface area (Å²) in [6.07, 6.45) is 4.76. The summed E-state index contributed by atoms with van der Waals surface area (Å²) in [6, 6.07) is 24.2. The van der Waals surface area contributed by atoms with Gasteiger partial charge in [0.1, 0.15) is 17.2 Å². The van der Waals surface area contributed by atoms with Gasteiger partial charge >= 0.3 is 17.9 Å². The molecular formula is C40H36ClNO9. The highest BCUT2D eigenvalue weighted by molar-refractivity contribution is 6.30. The van der Waals surface area contributed by atoms with E-state index in [2.05, 4.69) is 0 Å². The SMILES string of the molecule is COC(=O)c1ccc(C(=O)N(C)c2ccc(OC(=O)C3CCC(C(=O)Oc4ccc(OC)cc4/C=C/C(=O)c4ccc(Cl)cc4)CC3)cc2)cc1. The normalized spacial score (nSPS) is 15.5. The lowest BCUT2D eigenvalue weighted by Gasteiger charge is -2.26. The number of carbonyl (C=O) groups is 5. The molecule has 0 N–H and O–H groups in total. The second-order valence-corrected chi connectivity index (χ2v) is 12.4. The number of nitrogens with zero attached hydrogens (tertiary/aromatic N) is 1. The number of carbonyl (C=O) groups excluding carboxylic acids is 5. The van der Waals surface area contributed by atoms with Crippen LogP contribution >= 0.6 is 11.6 Å². The second-order valence-electron chi connectivity index (χ2n) is 11.9. The molecule has 0 atom stereocenters. The van der Waals surface area contributed by atoms with Gasteiger partial charge in [0.15, 0.2) is 5.78 Å². The molecule has 0 aliphatic heterocycles. The number of hydrogen-bond donors (Lipinski definition) is 0. The highest BCUT2D eigenvalue weighted by Gasteiger charge is 2.32. The Morgan fingerprint density at radius 2 is 1.24 bits per heavy atom. The van der Waals surface area contributed by atoms with E-state index in [-0.39, 0.29) is 23.4 Å². The van der Waals surface area contributed by atoms with Crippen molar-refractivity contribution in [3.8, 4) is 17.2 Å². The Kier molecular flexibility index (Phi) is 12.0. The van der Waals surface area contributed by atoms with Crippen molar-refractivity contribution in [1.82, 2.24) is 0 Å². The molecule has 1 saturated carbocycles. The molecule has 5 rings (SSSR count). The van der Waals surface area contributed by atoms with Gasteiger partial charge in [0.25, 0.3) is 5.91 Å². The van der Waals surface area contributed by atoms with Gasteiger partial charge in [0, 0.05) is 34.4 Å². The maximum Gasteiger partial charge on any atom is 0.337 e. The number of esters is 3. The molecule has 4 aromatic carbocycles. The third kappa shape index (κ3) is 9.29. The maximum absolute atomic E-state index is 13.2. The smallest absolute Gasteiger partial charge is 0.337 e. The van der Waals surface area contributed by atoms with Gasteiger partial charge in [-0.3, -0.25) is 19.2 Å². The molecule has 0 saturated heterocycles. The van der Waals surface area contributed by atoms with Gasteiger partial charge in [-0.1, -0.05) is 11.6 Å². The Morgan fingerprint density at radius 1 is 0.686 bits per heavy atom. The minimum Gasteiger partial charge on any atom is -0.497 e. The number of allylic oxidation sites excluding steroid dienone is 1. The van der Waals surface area contributed by atoms with Crippen LogP contribution in [-0.4, -0.2) is 50.9 Å². The molecule has 0 radical (unpaired) electrons. The number of anilines is 1. The topological polar surface area (TPSA) is 126 Å². The van der Waals surface area contributed by atoms with Crippen molar-refractivity contribution in [3.63, 3.8) is 0 Å². The number of amides is 1. The molecule has 51 heavy (non-hydrogen) atoms. The molecule has 0 unspecified atom stereocenters. The van der Waals surface area contributed by atoms with E-state index in [1.807, 2.05) is 0 Å². The van der Waals surface area contributed by atoms with Gasteiger partial charge in [-0.05, 0) is 129 Å². The van der Waals surface area contributed by atoms with Crippen molar-refractivity contribution in [2.45, 2.75) is 25.7 Å². The summed E-state index contributed by atoms with van der Waals surface area (Å²) >= 11 is 5.93. The first-order valence-corrected chi connectivity index (χ1v) is 16.6. The van der Waals surface area contributed by atoms with E-state index in [1.165, 1.54) is 37.3 Å². The number of hydrogen-bond acceptors (Lipinski definition) is 9. The van der Waals surface area contributed by atoms with Crippen LogP contribution in [0, 0.1) is 11.8 Å². The number of methoxy groups -OCH3 is 2. The van der Waals surface area contributed by atoms with Crippen molar-refractivity contribution >= 4 is 53.0 Å². The van der Waals surface area contributed by atoms with Crippen LogP contribution < -0.4 is 19.1 Å². The molecule has 1 aliphatic carbocycles. The van der Waals surface area contributed by atoms with Crippen LogP contribution in [0.5, 0.6) is 17.2 Å². The quantitative estimate of drug-likeness (QED) is 0.0669. The first-order valence-electron chi connectivity index (χ1n) is 16.2. The van der Waals surface area contributed by atoms with E-state index in [4.69, 9.17) is 30.5 Å². The lowest BCUT2D eigenvalue weighted by Crippen LogP contribution is -2.30. The molecule has 0 spiro atoms. The number of ether oxygens (including phenoxy) is 4. The van der Waals surface area contributed by atoms with Crippen LogP contribution in [0.3, 0.4) is 0 Å². The molecule has 1 amide bonds. The molecule has 0 heterocycles. The summed E-state index contributed by atoms with van der Waals surface area (Å²) in [5.41, 5.74) is 2.28. The van der Waals surface area contributed by atoms with Crippen LogP contribution in [0.4, 0.5) is 5.69 Å². The van der Waals surface area contributed by atoms with E-state index in [9.17, 15) is 24.0 Å². The summed E-state index contributed by atoms with van der Waals surface area (Å²) in [5.74, 6) is -1.46. The predicted molar refractivity (Wildman–Crippen MR) is 191 cm³/mol. The predicted octanol–water partition coefficient (Wildman–Crippen LogP) is 7.63. The molecule has 11 heteroatoms. The van der Waals surface area contributed by atoms with Gasteiger partial charge in [0.2, 0.25) is 0 Å². The fourth-order valence-corrected chi connectivity index (χ4v) is 5.75. The van der Waals surface area contributed by atoms with Crippen LogP contribution in [0.15, 0.2) is 97.1 Å². The summed E-state index contributed by atoms with van der Waals surface area (Å²) < 4.78 is 21.4. The summed E-state index contributed by atoms with van der Waals surface area (Å²) in [6.45, 7) is 0. The Bertz CT molecular complexity index is 1930. The number of rotatable bonds is 11. The molecule has 1 fully saturated rings. The zero-order chi connectivity index (χ0) is 36.5. The van der Waals surface area contributed by atoms with Gasteiger partial charge in [-0.25, -0.2) is 4.79 Å². The van der Waals surface area contributed by atoms with Crippen molar-refractivity contribution in [2.75, 3.05) is 26.2 Å². The fourth-order valence-electron chi connectivity index (χ4n) is 5.62. The van der Waals surface area contributed by atoms with E-state index >= 15 is 0 Å². The zero-order valence-electron chi connectivity index (χ0n) is 28.3. The van der Waals surface area contributed by atoms with Crippen LogP contribution in [0.1, 0.15) is 62.3 Å². The Morgan fingerprint density at radius 3 is 1.82 bits per heavy atom. The molecule has 262 valence electrons. The largest absolute Gasteiger partial charge is 0.497 e. The van der Waals surface area contributed by atoms with E-state index in [0.717, 1.165) is 0 Å². The maximum atomic E-state index is 13.2. The first kappa shape index (κ1) is 36.5. The monoisotopic (exact) mass is 709 g/mol. The summed E-state index contributed by atoms with van der Waals surface area (Å²) in [4.78, 5) is 65.0. The van der Waals surface area contributed by atoms with Crippen molar-refractivity contribution < 1.29 is 42.9 Å². The highest BCUT2D eigenvalue weighted by Crippen LogP contribution is 2.33. The van der Waals surface area contributed by atoms with Crippen molar-refractivity contribution in [1.29, 1.82) is 0 Å². The van der Waals surface area contributed by atoms with Crippen LogP contribution in [-0.2, 0) is 14.3 Å². The fraction of sp³-hybridized carbons (Fsp3) is 0.225. The van der Waals surface area contributed by atoms with E-state index in [0.29, 0.717) is 70.1 Å². The molecule has 0 aromatic heterocycles. The summed E-state index contributed by atoms with van der Waals surface area (Å²) in [7, 11) is 4.43. The lowest BCUT2D eigenvalue weighted by molar-refractivity contribution is -0.145. The van der Waals surface area contributed by atoms with Crippen molar-refractivity contribution in [3.05, 3.63) is 124 Å². The first-order chi connectivity index (χ1) is 24.6. The zero-order valence-corrected chi connectivity index (χ0v) is 29.1. The molecule has 1 aliphatic rings. The average molecular weight is 710 g/mol. The molecule has 4 aromatic rings. The van der Waals surface area contributed by atoms with Gasteiger partial charge in [0.05, 0.1) is 31.6 Å². The third-order valence-electron chi connectivity index (χ3n) is 8.66. The number of benzene rings is 4. The van der Waals surface area contributed by atoms with Gasteiger partial charge < -0.3 is 23.8 Å². The summed E-state index contributed by atoms with van der Waals surface area (Å²) in [5, 5.41) is 0.525. The van der Waals surface area contributed by atoms with Crippen LogP contribution in [0.25, 0.3) is 6.08 Å². The average Bonchev–Trinajstić information content (AvgIpc) is 3.17. The number of halogens is 1. The van der Waals surface area contributed by atoms with Crippen LogP contribution in [0.2, 0.25) is 5.02 Å². The Labute approximate surface area is 300 Å². The minimum absolute atomic E-state index is 0.240. The van der Waals surface area contributed by atoms with Gasteiger partial charge in [-0.15, -0.1) is 0 Å². The lowest BCUT2D eigenvalue weighted by atomic mass is 9.82. The Balaban J connectivity index is 1.13. The second kappa shape index (κ2) is 16.8. The van der Waals surface area contributed by atoms with Crippen molar-refractivity contribution in [2.24, 2.45) is 11.8 Å². The number of ketones is 1. The van der Waals surface area contributed by atoms with E-state index in [1.54, 1.807) is 92.0 Å². The molecule has 0 bridgehead atoms. The Hall–Kier alpha value is -5.74. The minimum atomic E-state index is -0.488. The van der Waals surface area contributed by atoms with Gasteiger partial charge in [-0.2, -0.15) is 0 Å². The highest BCUT2D eigenvalue weighted by atomic mass is 35.5.